The van der Waals surface area contributed by atoms with Crippen LogP contribution >= 0.6 is 0 Å². The van der Waals surface area contributed by atoms with Gasteiger partial charge in [0.2, 0.25) is 0 Å². The van der Waals surface area contributed by atoms with E-state index in [2.05, 4.69) is 4.74 Å². The van der Waals surface area contributed by atoms with Crippen LogP contribution in [0.5, 0.6) is 0 Å². The van der Waals surface area contributed by atoms with Crippen LogP contribution in [-0.2, 0) is 20.9 Å². The van der Waals surface area contributed by atoms with Crippen LogP contribution in [0.15, 0.2) is 30.3 Å². The molecule has 0 spiro atoms. The van der Waals surface area contributed by atoms with Crippen molar-refractivity contribution in [3.63, 3.8) is 0 Å². The SMILES string of the molecule is COC(=O)[C@@H](C)CN(C)C(=O)OCc1ccccc1. The lowest BCUT2D eigenvalue weighted by Crippen LogP contribution is -2.34. The number of rotatable bonds is 5. The molecule has 19 heavy (non-hydrogen) atoms. The van der Waals surface area contributed by atoms with Crippen molar-refractivity contribution in [1.29, 1.82) is 0 Å². The minimum absolute atomic E-state index is 0.219. The minimum Gasteiger partial charge on any atom is -0.469 e. The number of esters is 1. The van der Waals surface area contributed by atoms with Crippen molar-refractivity contribution in [3.05, 3.63) is 35.9 Å². The molecule has 5 nitrogen and oxygen atoms in total. The third kappa shape index (κ3) is 4.99. The van der Waals surface area contributed by atoms with Crippen LogP contribution in [0.3, 0.4) is 0 Å². The summed E-state index contributed by atoms with van der Waals surface area (Å²) in [6, 6.07) is 9.42. The van der Waals surface area contributed by atoms with E-state index in [9.17, 15) is 9.59 Å². The van der Waals surface area contributed by atoms with Gasteiger partial charge in [-0.05, 0) is 5.56 Å². The van der Waals surface area contributed by atoms with Gasteiger partial charge in [0, 0.05) is 13.6 Å². The molecule has 0 aliphatic rings. The number of benzene rings is 1. The Hall–Kier alpha value is -2.04. The van der Waals surface area contributed by atoms with Crippen LogP contribution in [0.25, 0.3) is 0 Å². The number of carbonyl (C=O) groups excluding carboxylic acids is 2. The standard InChI is InChI=1S/C14H19NO4/c1-11(13(16)18-3)9-15(2)14(17)19-10-12-7-5-4-6-8-12/h4-8,11H,9-10H2,1-3H3/t11-/m0/s1. The summed E-state index contributed by atoms with van der Waals surface area (Å²) in [5, 5.41) is 0. The molecule has 1 aromatic rings. The van der Waals surface area contributed by atoms with Gasteiger partial charge in [0.05, 0.1) is 13.0 Å². The van der Waals surface area contributed by atoms with E-state index < -0.39 is 6.09 Å². The second kappa shape index (κ2) is 7.41. The van der Waals surface area contributed by atoms with Gasteiger partial charge in [0.1, 0.15) is 6.61 Å². The number of hydrogen-bond acceptors (Lipinski definition) is 4. The third-order valence-corrected chi connectivity index (χ3v) is 2.67. The average Bonchev–Trinajstić information content (AvgIpc) is 2.44. The summed E-state index contributed by atoms with van der Waals surface area (Å²) in [6.45, 7) is 2.18. The van der Waals surface area contributed by atoms with Gasteiger partial charge in [-0.2, -0.15) is 0 Å². The van der Waals surface area contributed by atoms with Gasteiger partial charge in [-0.15, -0.1) is 0 Å². The van der Waals surface area contributed by atoms with E-state index in [1.54, 1.807) is 14.0 Å². The highest BCUT2D eigenvalue weighted by molar-refractivity contribution is 5.73. The highest BCUT2D eigenvalue weighted by Gasteiger charge is 2.19. The van der Waals surface area contributed by atoms with Crippen molar-refractivity contribution in [2.24, 2.45) is 5.92 Å². The highest BCUT2D eigenvalue weighted by atomic mass is 16.6. The van der Waals surface area contributed by atoms with Crippen LogP contribution in [-0.4, -0.2) is 37.7 Å². The highest BCUT2D eigenvalue weighted by Crippen LogP contribution is 2.05. The molecular formula is C14H19NO4. The average molecular weight is 265 g/mol. The largest absolute Gasteiger partial charge is 0.469 e. The first-order chi connectivity index (χ1) is 9.04. The number of amides is 1. The van der Waals surface area contributed by atoms with Gasteiger partial charge in [0.25, 0.3) is 0 Å². The summed E-state index contributed by atoms with van der Waals surface area (Å²) in [7, 11) is 2.92. The first-order valence-corrected chi connectivity index (χ1v) is 6.04. The van der Waals surface area contributed by atoms with Crippen molar-refractivity contribution < 1.29 is 19.1 Å². The number of methoxy groups -OCH3 is 1. The van der Waals surface area contributed by atoms with Crippen LogP contribution < -0.4 is 0 Å². The first-order valence-electron chi connectivity index (χ1n) is 6.04. The molecule has 1 aromatic carbocycles. The molecule has 0 fully saturated rings. The van der Waals surface area contributed by atoms with Crippen molar-refractivity contribution in [2.75, 3.05) is 20.7 Å². The summed E-state index contributed by atoms with van der Waals surface area (Å²) >= 11 is 0. The van der Waals surface area contributed by atoms with Gasteiger partial charge in [-0.25, -0.2) is 4.79 Å². The van der Waals surface area contributed by atoms with Gasteiger partial charge in [0.15, 0.2) is 0 Å². The van der Waals surface area contributed by atoms with Gasteiger partial charge in [-0.1, -0.05) is 37.3 Å². The lowest BCUT2D eigenvalue weighted by molar-refractivity contribution is -0.145. The fourth-order valence-electron chi connectivity index (χ4n) is 1.59. The quantitative estimate of drug-likeness (QED) is 0.765. The summed E-state index contributed by atoms with van der Waals surface area (Å²) in [5.41, 5.74) is 0.922. The van der Waals surface area contributed by atoms with E-state index in [1.807, 2.05) is 30.3 Å². The fraction of sp³-hybridized carbons (Fsp3) is 0.429. The summed E-state index contributed by atoms with van der Waals surface area (Å²) < 4.78 is 9.74. The lowest BCUT2D eigenvalue weighted by atomic mass is 10.2. The Morgan fingerprint density at radius 3 is 2.47 bits per heavy atom. The molecule has 0 aliphatic carbocycles. The molecule has 1 amide bonds. The predicted molar refractivity (Wildman–Crippen MR) is 70.4 cm³/mol. The fourth-order valence-corrected chi connectivity index (χ4v) is 1.59. The predicted octanol–water partition coefficient (Wildman–Crippen LogP) is 2.06. The molecule has 0 N–H and O–H groups in total. The van der Waals surface area contributed by atoms with E-state index in [-0.39, 0.29) is 25.0 Å². The molecule has 104 valence electrons. The Balaban J connectivity index is 2.39. The molecule has 0 saturated heterocycles. The minimum atomic E-state index is -0.459. The molecule has 0 aromatic heterocycles. The van der Waals surface area contributed by atoms with E-state index in [0.717, 1.165) is 5.56 Å². The second-order valence-corrected chi connectivity index (χ2v) is 4.34. The Morgan fingerprint density at radius 1 is 1.26 bits per heavy atom. The third-order valence-electron chi connectivity index (χ3n) is 2.67. The van der Waals surface area contributed by atoms with Crippen LogP contribution in [0, 0.1) is 5.92 Å². The number of hydrogen-bond donors (Lipinski definition) is 0. The Labute approximate surface area is 113 Å². The Morgan fingerprint density at radius 2 is 1.89 bits per heavy atom. The molecule has 1 atom stereocenters. The second-order valence-electron chi connectivity index (χ2n) is 4.34. The van der Waals surface area contributed by atoms with Crippen molar-refractivity contribution in [2.45, 2.75) is 13.5 Å². The van der Waals surface area contributed by atoms with Crippen molar-refractivity contribution in [3.8, 4) is 0 Å². The number of carbonyl (C=O) groups is 2. The zero-order valence-electron chi connectivity index (χ0n) is 11.5. The van der Waals surface area contributed by atoms with Crippen LogP contribution in [0.1, 0.15) is 12.5 Å². The Kier molecular flexibility index (Phi) is 5.85. The molecule has 0 unspecified atom stereocenters. The van der Waals surface area contributed by atoms with Gasteiger partial charge < -0.3 is 14.4 Å². The zero-order chi connectivity index (χ0) is 14.3. The first kappa shape index (κ1) is 15.0. The molecule has 0 radical (unpaired) electrons. The van der Waals surface area contributed by atoms with Crippen LogP contribution in [0.4, 0.5) is 4.79 Å². The monoisotopic (exact) mass is 265 g/mol. The van der Waals surface area contributed by atoms with Crippen LogP contribution in [0.2, 0.25) is 0 Å². The molecule has 0 saturated carbocycles. The zero-order valence-corrected chi connectivity index (χ0v) is 11.5. The van der Waals surface area contributed by atoms with E-state index in [4.69, 9.17) is 4.74 Å². The van der Waals surface area contributed by atoms with E-state index in [0.29, 0.717) is 0 Å². The molecule has 1 rings (SSSR count). The summed E-state index contributed by atoms with van der Waals surface area (Å²) in [4.78, 5) is 24.3. The molecule has 0 bridgehead atoms. The van der Waals surface area contributed by atoms with E-state index >= 15 is 0 Å². The lowest BCUT2D eigenvalue weighted by Gasteiger charge is -2.19. The number of nitrogens with zero attached hydrogens (tertiary/aromatic N) is 1. The smallest absolute Gasteiger partial charge is 0.409 e. The van der Waals surface area contributed by atoms with Gasteiger partial charge in [-0.3, -0.25) is 4.79 Å². The maximum atomic E-state index is 11.7. The van der Waals surface area contributed by atoms with Crippen molar-refractivity contribution >= 4 is 12.1 Å². The Bertz CT molecular complexity index is 419. The number of ether oxygens (including phenoxy) is 2. The van der Waals surface area contributed by atoms with Gasteiger partial charge >= 0.3 is 12.1 Å². The van der Waals surface area contributed by atoms with Crippen molar-refractivity contribution in [1.82, 2.24) is 4.90 Å². The van der Waals surface area contributed by atoms with E-state index in [1.165, 1.54) is 12.0 Å². The maximum absolute atomic E-state index is 11.7. The summed E-state index contributed by atoms with van der Waals surface area (Å²) in [6.07, 6.45) is -0.459. The summed E-state index contributed by atoms with van der Waals surface area (Å²) in [5.74, 6) is -0.720. The molecule has 5 heteroatoms. The normalized spacial score (nSPS) is 11.5. The molecule has 0 heterocycles. The maximum Gasteiger partial charge on any atom is 0.409 e. The molecule has 0 aliphatic heterocycles. The molecular weight excluding hydrogens is 246 g/mol. The topological polar surface area (TPSA) is 55.8 Å².